The highest BCUT2D eigenvalue weighted by molar-refractivity contribution is 5.90. The van der Waals surface area contributed by atoms with Crippen LogP contribution in [0, 0.1) is 62.6 Å². The van der Waals surface area contributed by atoms with E-state index in [0.29, 0.717) is 50.4 Å². The summed E-state index contributed by atoms with van der Waals surface area (Å²) in [6.07, 6.45) is 9.03. The second kappa shape index (κ2) is 12.9. The third kappa shape index (κ3) is 5.49. The molecule has 0 aromatic carbocycles. The molecule has 1 amide bonds. The van der Waals surface area contributed by atoms with Gasteiger partial charge in [0.2, 0.25) is 5.82 Å². The number of allylic oxidation sites excluding steroid dienone is 1. The Hall–Kier alpha value is -2.30. The number of rotatable bonds is 10. The Bertz CT molecular complexity index is 1540. The summed E-state index contributed by atoms with van der Waals surface area (Å²) in [5.74, 6) is 0.394. The van der Waals surface area contributed by atoms with Gasteiger partial charge in [-0.3, -0.25) is 9.59 Å². The van der Waals surface area contributed by atoms with Crippen LogP contribution in [0.4, 0.5) is 0 Å². The Kier molecular flexibility index (Phi) is 9.74. The second-order valence-electron chi connectivity index (χ2n) is 19.4. The molecule has 1 unspecified atom stereocenters. The van der Waals surface area contributed by atoms with E-state index in [1.807, 2.05) is 18.5 Å². The maximum atomic E-state index is 13.5. The average Bonchev–Trinajstić information content (AvgIpc) is 3.54. The largest absolute Gasteiger partial charge is 0.481 e. The van der Waals surface area contributed by atoms with Crippen molar-refractivity contribution in [1.29, 1.82) is 0 Å². The normalized spacial score (nSPS) is 42.2. The van der Waals surface area contributed by atoms with Gasteiger partial charge in [0.15, 0.2) is 0 Å². The molecule has 2 bridgehead atoms. The molecule has 1 aliphatic heterocycles. The SMILES string of the molecule is CCNC(=O)c1ncnn1[C@@H]1CC23COC[C@@](C)([C@@H]2CC[C@H]2C3=CC[C@@]3(C)[C@H](C(=O)O)[C@@](C)([C@H](C)C(C)C)CC[C@]23C)[C@H]1OC[C@](C)(N)C(C)C. The van der Waals surface area contributed by atoms with Crippen molar-refractivity contribution in [3.63, 3.8) is 0 Å². The number of carbonyl (C=O) groups is 2. The molecule has 286 valence electrons. The minimum absolute atomic E-state index is 0.190. The number of amides is 1. The predicted molar refractivity (Wildman–Crippen MR) is 198 cm³/mol. The minimum atomic E-state index is -0.647. The Balaban J connectivity index is 1.47. The van der Waals surface area contributed by atoms with E-state index in [4.69, 9.17) is 20.3 Å². The molecule has 1 saturated heterocycles. The zero-order valence-corrected chi connectivity index (χ0v) is 33.3. The molecule has 3 saturated carbocycles. The van der Waals surface area contributed by atoms with Crippen LogP contribution in [0.15, 0.2) is 18.0 Å². The molecule has 0 spiro atoms. The van der Waals surface area contributed by atoms with Crippen molar-refractivity contribution in [3.05, 3.63) is 23.8 Å². The van der Waals surface area contributed by atoms with Gasteiger partial charge in [-0.2, -0.15) is 5.10 Å². The number of carboxylic acids is 1. The van der Waals surface area contributed by atoms with Crippen molar-refractivity contribution in [3.8, 4) is 0 Å². The van der Waals surface area contributed by atoms with Crippen molar-refractivity contribution in [2.45, 2.75) is 132 Å². The Morgan fingerprint density at radius 2 is 1.82 bits per heavy atom. The first-order valence-corrected chi connectivity index (χ1v) is 19.8. The summed E-state index contributed by atoms with van der Waals surface area (Å²) in [6, 6.07) is -0.271. The molecule has 1 aromatic rings. The van der Waals surface area contributed by atoms with Gasteiger partial charge >= 0.3 is 5.97 Å². The summed E-state index contributed by atoms with van der Waals surface area (Å²) < 4.78 is 15.6. The number of carbonyl (C=O) groups excluding carboxylic acids is 1. The summed E-state index contributed by atoms with van der Waals surface area (Å²) in [4.78, 5) is 31.4. The van der Waals surface area contributed by atoms with E-state index in [1.165, 1.54) is 11.9 Å². The summed E-state index contributed by atoms with van der Waals surface area (Å²) in [5, 5.41) is 18.8. The van der Waals surface area contributed by atoms with Crippen molar-refractivity contribution in [1.82, 2.24) is 20.1 Å². The maximum absolute atomic E-state index is 13.5. The first-order chi connectivity index (χ1) is 23.7. The van der Waals surface area contributed by atoms with Gasteiger partial charge in [0.1, 0.15) is 6.33 Å². The van der Waals surface area contributed by atoms with Crippen LogP contribution in [-0.2, 0) is 14.3 Å². The topological polar surface area (TPSA) is 142 Å². The van der Waals surface area contributed by atoms with Gasteiger partial charge in [0, 0.05) is 22.9 Å². The number of hydrogen-bond acceptors (Lipinski definition) is 7. The lowest BCUT2D eigenvalue weighted by atomic mass is 9.34. The Morgan fingerprint density at radius 3 is 2.45 bits per heavy atom. The summed E-state index contributed by atoms with van der Waals surface area (Å²) >= 11 is 0. The number of nitrogens with zero attached hydrogens (tertiary/aromatic N) is 3. The molecule has 5 aliphatic rings. The van der Waals surface area contributed by atoms with E-state index >= 15 is 0 Å². The third-order valence-corrected chi connectivity index (χ3v) is 16.4. The van der Waals surface area contributed by atoms with Crippen LogP contribution in [-0.4, -0.2) is 69.8 Å². The van der Waals surface area contributed by atoms with Crippen molar-refractivity contribution >= 4 is 11.9 Å². The number of hydrogen-bond donors (Lipinski definition) is 3. The first kappa shape index (κ1) is 38.4. The Labute approximate surface area is 306 Å². The lowest BCUT2D eigenvalue weighted by molar-refractivity contribution is -0.252. The standard InChI is InChI=1S/C41H67N5O5/c1-12-43-34(47)33-44-23-45-46(33)29-19-41-22-50-20-37(8,32(29)51-21-40(11,42)25(4)5)30(41)14-13-27-28(41)15-16-39(10)31(35(48)49)36(7,26(6)24(2)3)17-18-38(27,39)9/h15,23-27,29-32H,12-14,16-22,42H2,1-11H3,(H,43,47)(H,48,49)/t26-,27+,29-,30+,31-,32+,36-,37+,38-,39+,40+,41?/m1/s1. The fourth-order valence-corrected chi connectivity index (χ4v) is 12.5. The predicted octanol–water partition coefficient (Wildman–Crippen LogP) is 6.92. The van der Waals surface area contributed by atoms with Crippen LogP contribution < -0.4 is 11.1 Å². The highest BCUT2D eigenvalue weighted by atomic mass is 16.5. The number of ether oxygens (including phenoxy) is 2. The Morgan fingerprint density at radius 1 is 1.12 bits per heavy atom. The fourth-order valence-electron chi connectivity index (χ4n) is 12.5. The number of carboxylic acid groups (broad SMARTS) is 1. The van der Waals surface area contributed by atoms with Crippen LogP contribution >= 0.6 is 0 Å². The van der Waals surface area contributed by atoms with Crippen LogP contribution in [0.1, 0.15) is 131 Å². The van der Waals surface area contributed by atoms with E-state index in [9.17, 15) is 14.7 Å². The molecule has 12 atom stereocenters. The molecule has 4 fully saturated rings. The maximum Gasteiger partial charge on any atom is 0.307 e. The number of nitrogens with one attached hydrogen (secondary N) is 1. The number of nitrogens with two attached hydrogens (primary N) is 1. The van der Waals surface area contributed by atoms with E-state index in [0.717, 1.165) is 32.1 Å². The average molecular weight is 710 g/mol. The van der Waals surface area contributed by atoms with Gasteiger partial charge < -0.3 is 25.6 Å². The molecule has 4 N–H and O–H groups in total. The lowest BCUT2D eigenvalue weighted by Crippen LogP contribution is -2.69. The van der Waals surface area contributed by atoms with Gasteiger partial charge in [-0.1, -0.05) is 74.0 Å². The fraction of sp³-hybridized carbons (Fsp3) is 0.854. The molecule has 1 aromatic heterocycles. The molecule has 10 nitrogen and oxygen atoms in total. The van der Waals surface area contributed by atoms with Gasteiger partial charge in [0.25, 0.3) is 5.91 Å². The minimum Gasteiger partial charge on any atom is -0.481 e. The number of aromatic nitrogens is 3. The molecular weight excluding hydrogens is 642 g/mol. The zero-order chi connectivity index (χ0) is 37.5. The smallest absolute Gasteiger partial charge is 0.307 e. The summed E-state index contributed by atoms with van der Waals surface area (Å²) in [5.41, 5.74) is 6.16. The first-order valence-electron chi connectivity index (χ1n) is 19.8. The molecule has 51 heavy (non-hydrogen) atoms. The number of aliphatic carboxylic acids is 1. The van der Waals surface area contributed by atoms with Gasteiger partial charge in [-0.05, 0) is 98.2 Å². The van der Waals surface area contributed by atoms with Crippen molar-refractivity contribution in [2.75, 3.05) is 26.4 Å². The van der Waals surface area contributed by atoms with Gasteiger partial charge in [-0.15, -0.1) is 0 Å². The lowest BCUT2D eigenvalue weighted by Gasteiger charge is -2.71. The van der Waals surface area contributed by atoms with E-state index < -0.39 is 22.8 Å². The van der Waals surface area contributed by atoms with E-state index in [-0.39, 0.29) is 57.5 Å². The molecule has 4 aliphatic carbocycles. The zero-order valence-electron chi connectivity index (χ0n) is 33.3. The quantitative estimate of drug-likeness (QED) is 0.223. The second-order valence-corrected chi connectivity index (χ2v) is 19.4. The summed E-state index contributed by atoms with van der Waals surface area (Å²) in [7, 11) is 0. The highest BCUT2D eigenvalue weighted by Gasteiger charge is 2.72. The molecular formula is C41H67N5O5. The van der Waals surface area contributed by atoms with Crippen LogP contribution in [0.5, 0.6) is 0 Å². The van der Waals surface area contributed by atoms with Crippen LogP contribution in [0.3, 0.4) is 0 Å². The molecule has 2 heterocycles. The molecule has 6 rings (SSSR count). The molecule has 0 radical (unpaired) electrons. The highest BCUT2D eigenvalue weighted by Crippen LogP contribution is 2.75. The monoisotopic (exact) mass is 710 g/mol. The van der Waals surface area contributed by atoms with E-state index in [1.54, 1.807) is 0 Å². The molecule has 10 heteroatoms. The van der Waals surface area contributed by atoms with Gasteiger partial charge in [-0.25, -0.2) is 9.67 Å². The third-order valence-electron chi connectivity index (χ3n) is 16.4. The van der Waals surface area contributed by atoms with Crippen molar-refractivity contribution < 1.29 is 24.2 Å². The van der Waals surface area contributed by atoms with Crippen LogP contribution in [0.2, 0.25) is 0 Å². The van der Waals surface area contributed by atoms with E-state index in [2.05, 4.69) is 78.7 Å². The number of fused-ring (bicyclic) bond motifs is 3. The summed E-state index contributed by atoms with van der Waals surface area (Å²) in [6.45, 7) is 26.3. The van der Waals surface area contributed by atoms with Gasteiger partial charge in [0.05, 0.1) is 37.9 Å². The van der Waals surface area contributed by atoms with Crippen LogP contribution in [0.25, 0.3) is 0 Å². The van der Waals surface area contributed by atoms with Crippen molar-refractivity contribution in [2.24, 2.45) is 68.3 Å².